The van der Waals surface area contributed by atoms with Crippen LogP contribution in [0.3, 0.4) is 0 Å². The van der Waals surface area contributed by atoms with Gasteiger partial charge in [-0.3, -0.25) is 19.7 Å². The van der Waals surface area contributed by atoms with Crippen molar-refractivity contribution in [2.75, 3.05) is 5.32 Å². The van der Waals surface area contributed by atoms with Crippen molar-refractivity contribution in [3.63, 3.8) is 0 Å². The van der Waals surface area contributed by atoms with E-state index in [1.165, 1.54) is 29.1 Å². The number of rotatable bonds is 10. The molecule has 0 saturated carbocycles. The first-order valence-corrected chi connectivity index (χ1v) is 12.4. The lowest BCUT2D eigenvalue weighted by Crippen LogP contribution is -2.19. The highest BCUT2D eigenvalue weighted by atomic mass is 16.6. The molecule has 5 rings (SSSR count). The number of hydrogen-bond acceptors (Lipinski definition) is 8. The Morgan fingerprint density at radius 1 is 1.12 bits per heavy atom. The van der Waals surface area contributed by atoms with Crippen LogP contribution in [0.2, 0.25) is 0 Å². The predicted octanol–water partition coefficient (Wildman–Crippen LogP) is 3.96. The number of fused-ring (bicyclic) bond motifs is 1. The highest BCUT2D eigenvalue weighted by Gasteiger charge is 2.13. The molecule has 206 valence electrons. The molecule has 2 aromatic heterocycles. The molecule has 13 heteroatoms. The molecular formula is C28H24N8O5. The van der Waals surface area contributed by atoms with Crippen LogP contribution in [0.15, 0.2) is 84.1 Å². The van der Waals surface area contributed by atoms with Gasteiger partial charge < -0.3 is 15.0 Å². The van der Waals surface area contributed by atoms with Crippen molar-refractivity contribution in [1.82, 2.24) is 25.4 Å². The molecule has 0 fully saturated rings. The van der Waals surface area contributed by atoms with Gasteiger partial charge in [-0.1, -0.05) is 23.4 Å². The lowest BCUT2D eigenvalue weighted by Gasteiger charge is -2.06. The summed E-state index contributed by atoms with van der Waals surface area (Å²) in [4.78, 5) is 38.2. The summed E-state index contributed by atoms with van der Waals surface area (Å²) in [5, 5.41) is 26.6. The lowest BCUT2D eigenvalue weighted by atomic mass is 10.2. The van der Waals surface area contributed by atoms with E-state index in [-0.39, 0.29) is 30.7 Å². The van der Waals surface area contributed by atoms with Crippen LogP contribution in [0.4, 0.5) is 11.4 Å². The first-order chi connectivity index (χ1) is 19.8. The van der Waals surface area contributed by atoms with Crippen molar-refractivity contribution >= 4 is 40.3 Å². The summed E-state index contributed by atoms with van der Waals surface area (Å²) in [7, 11) is 0. The quantitative estimate of drug-likeness (QED) is 0.134. The van der Waals surface area contributed by atoms with Crippen LogP contribution in [0.25, 0.3) is 10.9 Å². The van der Waals surface area contributed by atoms with Crippen LogP contribution in [-0.4, -0.2) is 42.9 Å². The van der Waals surface area contributed by atoms with Crippen LogP contribution < -0.4 is 15.5 Å². The van der Waals surface area contributed by atoms with Gasteiger partial charge >= 0.3 is 0 Å². The van der Waals surface area contributed by atoms with Crippen LogP contribution in [0.5, 0.6) is 5.75 Å². The largest absolute Gasteiger partial charge is 0.487 e. The predicted molar refractivity (Wildman–Crippen MR) is 151 cm³/mol. The number of para-hydroxylation sites is 1. The monoisotopic (exact) mass is 552 g/mol. The normalized spacial score (nSPS) is 11.0. The fraction of sp³-hybridized carbons (Fsp3) is 0.107. The van der Waals surface area contributed by atoms with E-state index < -0.39 is 4.92 Å². The van der Waals surface area contributed by atoms with Gasteiger partial charge in [0, 0.05) is 28.2 Å². The number of aryl methyl sites for hydroxylation is 1. The molecule has 2 amide bonds. The maximum absolute atomic E-state index is 12.4. The number of anilines is 1. The third kappa shape index (κ3) is 6.78. The molecule has 3 N–H and O–H groups in total. The number of hydrogen-bond donors (Lipinski definition) is 3. The van der Waals surface area contributed by atoms with Gasteiger partial charge in [0.2, 0.25) is 5.91 Å². The van der Waals surface area contributed by atoms with Gasteiger partial charge in [0.15, 0.2) is 0 Å². The Morgan fingerprint density at radius 2 is 1.93 bits per heavy atom. The topological polar surface area (TPSA) is 169 Å². The molecule has 0 aliphatic carbocycles. The van der Waals surface area contributed by atoms with E-state index in [9.17, 15) is 19.7 Å². The average molecular weight is 553 g/mol. The molecule has 0 spiro atoms. The minimum Gasteiger partial charge on any atom is -0.487 e. The molecule has 0 bridgehead atoms. The fourth-order valence-corrected chi connectivity index (χ4v) is 4.00. The minimum absolute atomic E-state index is 0.0162. The maximum atomic E-state index is 12.4. The van der Waals surface area contributed by atoms with Crippen LogP contribution in [0, 0.1) is 17.0 Å². The second-order valence-electron chi connectivity index (χ2n) is 9.04. The number of nitrogens with zero attached hydrogens (tertiary/aromatic N) is 5. The average Bonchev–Trinajstić information content (AvgIpc) is 3.59. The number of nitrogens with one attached hydrogen (secondary N) is 3. The number of amides is 2. The first-order valence-electron chi connectivity index (χ1n) is 12.4. The molecule has 13 nitrogen and oxygen atoms in total. The van der Waals surface area contributed by atoms with Gasteiger partial charge in [0.05, 0.1) is 17.3 Å². The number of carbonyl (C=O) groups excluding carboxylic acids is 2. The van der Waals surface area contributed by atoms with Crippen LogP contribution >= 0.6 is 0 Å². The number of carbonyl (C=O) groups is 2. The molecule has 3 aromatic carbocycles. The zero-order valence-electron chi connectivity index (χ0n) is 21.8. The van der Waals surface area contributed by atoms with Crippen molar-refractivity contribution in [2.45, 2.75) is 20.1 Å². The van der Waals surface area contributed by atoms with Crippen molar-refractivity contribution in [3.05, 3.63) is 112 Å². The van der Waals surface area contributed by atoms with Crippen LogP contribution in [-0.2, 0) is 17.9 Å². The summed E-state index contributed by atoms with van der Waals surface area (Å²) in [6.45, 7) is 1.65. The molecule has 41 heavy (non-hydrogen) atoms. The number of aromatic nitrogens is 4. The van der Waals surface area contributed by atoms with E-state index in [1.807, 2.05) is 24.3 Å². The van der Waals surface area contributed by atoms with Crippen LogP contribution in [0.1, 0.15) is 27.3 Å². The van der Waals surface area contributed by atoms with Gasteiger partial charge in [0.1, 0.15) is 30.3 Å². The number of hydrazone groups is 1. The van der Waals surface area contributed by atoms with Gasteiger partial charge in [-0.05, 0) is 61.0 Å². The Labute approximate surface area is 233 Å². The Balaban J connectivity index is 1.08. The lowest BCUT2D eigenvalue weighted by molar-refractivity contribution is -0.385. The first kappa shape index (κ1) is 26.7. The zero-order valence-corrected chi connectivity index (χ0v) is 21.8. The number of H-pyrrole nitrogens is 1. The van der Waals surface area contributed by atoms with Gasteiger partial charge in [-0.2, -0.15) is 5.10 Å². The molecule has 0 aliphatic rings. The number of ether oxygens (including phenoxy) is 1. The van der Waals surface area contributed by atoms with Gasteiger partial charge in [-0.25, -0.2) is 10.1 Å². The molecular weight excluding hydrogens is 528 g/mol. The summed E-state index contributed by atoms with van der Waals surface area (Å²) >= 11 is 0. The van der Waals surface area contributed by atoms with E-state index >= 15 is 0 Å². The van der Waals surface area contributed by atoms with Crippen molar-refractivity contribution in [2.24, 2.45) is 5.10 Å². The molecule has 0 saturated heterocycles. The Morgan fingerprint density at radius 3 is 2.68 bits per heavy atom. The summed E-state index contributed by atoms with van der Waals surface area (Å²) in [6.07, 6.45) is 3.12. The van der Waals surface area contributed by atoms with E-state index in [0.717, 1.165) is 16.5 Å². The standard InChI is InChI=1S/C28H24N8O5/c1-18-12-21(8-11-26(18)36(39)40)30-27(37)16-35-15-22(32-34-35)17-41-23-9-6-19(7-10-23)14-29-33-28(38)25-13-20-4-2-3-5-24(20)31-25/h2-15,31H,16-17H2,1H3,(H,30,37)(H,33,38)/b29-14+. The van der Waals surface area contributed by atoms with E-state index in [2.05, 4.69) is 31.1 Å². The maximum Gasteiger partial charge on any atom is 0.287 e. The Bertz CT molecular complexity index is 1720. The minimum atomic E-state index is -0.474. The summed E-state index contributed by atoms with van der Waals surface area (Å²) in [5.41, 5.74) is 5.96. The second kappa shape index (κ2) is 11.9. The fourth-order valence-electron chi connectivity index (χ4n) is 4.00. The molecule has 0 radical (unpaired) electrons. The van der Waals surface area contributed by atoms with Gasteiger partial charge in [-0.15, -0.1) is 5.10 Å². The Kier molecular flexibility index (Phi) is 7.76. The number of nitro groups is 1. The van der Waals surface area contributed by atoms with Crippen molar-refractivity contribution in [1.29, 1.82) is 0 Å². The molecule has 0 atom stereocenters. The summed E-state index contributed by atoms with van der Waals surface area (Å²) < 4.78 is 7.12. The highest BCUT2D eigenvalue weighted by Crippen LogP contribution is 2.21. The Hall–Kier alpha value is -5.85. The third-order valence-corrected chi connectivity index (χ3v) is 5.99. The second-order valence-corrected chi connectivity index (χ2v) is 9.04. The SMILES string of the molecule is Cc1cc(NC(=O)Cn2cc(COc3ccc(/C=N/NC(=O)c4cc5ccccc5[nH]4)cc3)nn2)ccc1[N+](=O)[O-]. The molecule has 0 aliphatic heterocycles. The zero-order chi connectivity index (χ0) is 28.8. The van der Waals surface area contributed by atoms with E-state index in [0.29, 0.717) is 28.4 Å². The molecule has 2 heterocycles. The molecule has 0 unspecified atom stereocenters. The van der Waals surface area contributed by atoms with Gasteiger partial charge in [0.25, 0.3) is 11.6 Å². The summed E-state index contributed by atoms with van der Waals surface area (Å²) in [5.74, 6) is -0.111. The summed E-state index contributed by atoms with van der Waals surface area (Å²) in [6, 6.07) is 20.8. The number of aromatic amines is 1. The molecule has 5 aromatic rings. The van der Waals surface area contributed by atoms with E-state index in [4.69, 9.17) is 4.74 Å². The number of benzene rings is 3. The smallest absolute Gasteiger partial charge is 0.287 e. The third-order valence-electron chi connectivity index (χ3n) is 5.99. The van der Waals surface area contributed by atoms with E-state index in [1.54, 1.807) is 43.5 Å². The van der Waals surface area contributed by atoms with Crippen molar-refractivity contribution in [3.8, 4) is 5.75 Å². The number of nitro benzene ring substituents is 1. The highest BCUT2D eigenvalue weighted by molar-refractivity contribution is 5.98. The van der Waals surface area contributed by atoms with Crippen molar-refractivity contribution < 1.29 is 19.2 Å².